The van der Waals surface area contributed by atoms with Crippen LogP contribution in [0, 0.1) is 11.7 Å². The van der Waals surface area contributed by atoms with Gasteiger partial charge in [-0.1, -0.05) is 19.1 Å². The highest BCUT2D eigenvalue weighted by Crippen LogP contribution is 2.26. The maximum absolute atomic E-state index is 12.8. The molecule has 2 atom stereocenters. The highest BCUT2D eigenvalue weighted by atomic mass is 19.1. The molecular formula is C15H21FO3. The van der Waals surface area contributed by atoms with Crippen molar-refractivity contribution >= 4 is 5.97 Å². The molecule has 1 aromatic carbocycles. The van der Waals surface area contributed by atoms with Crippen molar-refractivity contribution in [2.24, 2.45) is 5.92 Å². The SMILES string of the molecule is CCOC(=O)C(CC)C(C)(O)Cc1ccc(F)cc1. The van der Waals surface area contributed by atoms with Crippen LogP contribution in [0.1, 0.15) is 32.8 Å². The molecule has 2 unspecified atom stereocenters. The molecule has 0 spiro atoms. The van der Waals surface area contributed by atoms with Gasteiger partial charge in [0, 0.05) is 6.42 Å². The van der Waals surface area contributed by atoms with Gasteiger partial charge in [-0.15, -0.1) is 0 Å². The van der Waals surface area contributed by atoms with Crippen molar-refractivity contribution in [3.05, 3.63) is 35.6 Å². The summed E-state index contributed by atoms with van der Waals surface area (Å²) in [7, 11) is 0. The van der Waals surface area contributed by atoms with Crippen LogP contribution in [0.25, 0.3) is 0 Å². The quantitative estimate of drug-likeness (QED) is 0.807. The molecule has 0 saturated carbocycles. The lowest BCUT2D eigenvalue weighted by Gasteiger charge is -2.30. The minimum absolute atomic E-state index is 0.282. The summed E-state index contributed by atoms with van der Waals surface area (Å²) >= 11 is 0. The Bertz CT molecular complexity index is 412. The Morgan fingerprint density at radius 3 is 2.42 bits per heavy atom. The standard InChI is InChI=1S/C15H21FO3/c1-4-13(14(17)19-5-2)15(3,18)10-11-6-8-12(16)9-7-11/h6-9,13,18H,4-5,10H2,1-3H3. The van der Waals surface area contributed by atoms with E-state index in [4.69, 9.17) is 4.74 Å². The van der Waals surface area contributed by atoms with Gasteiger partial charge in [-0.2, -0.15) is 0 Å². The fourth-order valence-corrected chi connectivity index (χ4v) is 2.24. The maximum atomic E-state index is 12.8. The minimum Gasteiger partial charge on any atom is -0.466 e. The molecule has 1 rings (SSSR count). The van der Waals surface area contributed by atoms with Crippen LogP contribution in [0.5, 0.6) is 0 Å². The first-order valence-corrected chi connectivity index (χ1v) is 6.54. The zero-order valence-electron chi connectivity index (χ0n) is 11.6. The molecule has 0 fully saturated rings. The Labute approximate surface area is 113 Å². The van der Waals surface area contributed by atoms with Crippen molar-refractivity contribution in [2.75, 3.05) is 6.61 Å². The molecule has 106 valence electrons. The molecular weight excluding hydrogens is 247 g/mol. The number of rotatable bonds is 6. The number of carbonyl (C=O) groups excluding carboxylic acids is 1. The van der Waals surface area contributed by atoms with Crippen molar-refractivity contribution in [1.29, 1.82) is 0 Å². The lowest BCUT2D eigenvalue weighted by atomic mass is 9.82. The molecule has 0 aliphatic rings. The van der Waals surface area contributed by atoms with Gasteiger partial charge in [0.15, 0.2) is 0 Å². The topological polar surface area (TPSA) is 46.5 Å². The summed E-state index contributed by atoms with van der Waals surface area (Å²) < 4.78 is 17.8. The van der Waals surface area contributed by atoms with E-state index in [2.05, 4.69) is 0 Å². The Morgan fingerprint density at radius 2 is 1.95 bits per heavy atom. The van der Waals surface area contributed by atoms with Gasteiger partial charge < -0.3 is 9.84 Å². The van der Waals surface area contributed by atoms with Gasteiger partial charge in [-0.05, 0) is 38.0 Å². The van der Waals surface area contributed by atoms with Crippen LogP contribution in [0.15, 0.2) is 24.3 Å². The van der Waals surface area contributed by atoms with Crippen molar-refractivity contribution in [2.45, 2.75) is 39.2 Å². The van der Waals surface area contributed by atoms with Crippen LogP contribution in [-0.4, -0.2) is 23.3 Å². The van der Waals surface area contributed by atoms with E-state index in [0.717, 1.165) is 5.56 Å². The summed E-state index contributed by atoms with van der Waals surface area (Å²) in [5.74, 6) is -1.30. The zero-order chi connectivity index (χ0) is 14.5. The summed E-state index contributed by atoms with van der Waals surface area (Å²) in [6, 6.07) is 5.91. The molecule has 0 aliphatic carbocycles. The van der Waals surface area contributed by atoms with Crippen molar-refractivity contribution in [3.63, 3.8) is 0 Å². The molecule has 0 aromatic heterocycles. The van der Waals surface area contributed by atoms with Crippen LogP contribution >= 0.6 is 0 Å². The Hall–Kier alpha value is -1.42. The van der Waals surface area contributed by atoms with E-state index in [0.29, 0.717) is 13.0 Å². The van der Waals surface area contributed by atoms with Crippen LogP contribution < -0.4 is 0 Å². The first-order valence-electron chi connectivity index (χ1n) is 6.54. The predicted octanol–water partition coefficient (Wildman–Crippen LogP) is 2.71. The van der Waals surface area contributed by atoms with Crippen molar-refractivity contribution in [1.82, 2.24) is 0 Å². The van der Waals surface area contributed by atoms with Crippen LogP contribution in [0.4, 0.5) is 4.39 Å². The molecule has 1 aromatic rings. The monoisotopic (exact) mass is 268 g/mol. The average Bonchev–Trinajstić information content (AvgIpc) is 2.32. The number of hydrogen-bond donors (Lipinski definition) is 1. The molecule has 1 N–H and O–H groups in total. The molecule has 0 aliphatic heterocycles. The summed E-state index contributed by atoms with van der Waals surface area (Å²) in [5.41, 5.74) is -0.423. The summed E-state index contributed by atoms with van der Waals surface area (Å²) in [5, 5.41) is 10.5. The summed E-state index contributed by atoms with van der Waals surface area (Å²) in [6.07, 6.45) is 0.775. The molecule has 0 amide bonds. The molecule has 19 heavy (non-hydrogen) atoms. The average molecular weight is 268 g/mol. The van der Waals surface area contributed by atoms with E-state index in [9.17, 15) is 14.3 Å². The summed E-state index contributed by atoms with van der Waals surface area (Å²) in [6.45, 7) is 5.48. The van der Waals surface area contributed by atoms with Crippen LogP contribution in [0.3, 0.4) is 0 Å². The van der Waals surface area contributed by atoms with E-state index in [-0.39, 0.29) is 12.2 Å². The number of carbonyl (C=O) groups is 1. The first kappa shape index (κ1) is 15.6. The first-order chi connectivity index (χ1) is 8.90. The number of aliphatic hydroxyl groups is 1. The van der Waals surface area contributed by atoms with E-state index >= 15 is 0 Å². The maximum Gasteiger partial charge on any atom is 0.311 e. The van der Waals surface area contributed by atoms with Gasteiger partial charge >= 0.3 is 5.97 Å². The largest absolute Gasteiger partial charge is 0.466 e. The van der Waals surface area contributed by atoms with Crippen molar-refractivity contribution in [3.8, 4) is 0 Å². The van der Waals surface area contributed by atoms with E-state index in [1.807, 2.05) is 6.92 Å². The number of ether oxygens (including phenoxy) is 1. The van der Waals surface area contributed by atoms with E-state index in [1.165, 1.54) is 12.1 Å². The molecule has 0 radical (unpaired) electrons. The van der Waals surface area contributed by atoms with Crippen LogP contribution in [-0.2, 0) is 16.0 Å². The van der Waals surface area contributed by atoms with Crippen LogP contribution in [0.2, 0.25) is 0 Å². The fraction of sp³-hybridized carbons (Fsp3) is 0.533. The molecule has 0 heterocycles. The van der Waals surface area contributed by atoms with Gasteiger partial charge in [0.1, 0.15) is 5.82 Å². The highest BCUT2D eigenvalue weighted by molar-refractivity contribution is 5.73. The number of esters is 1. The molecule has 4 heteroatoms. The molecule has 3 nitrogen and oxygen atoms in total. The predicted molar refractivity (Wildman–Crippen MR) is 71.1 cm³/mol. The second kappa shape index (κ2) is 6.66. The van der Waals surface area contributed by atoms with E-state index in [1.54, 1.807) is 26.0 Å². The number of benzene rings is 1. The van der Waals surface area contributed by atoms with Gasteiger partial charge in [-0.25, -0.2) is 4.39 Å². The Morgan fingerprint density at radius 1 is 1.37 bits per heavy atom. The number of halogens is 1. The highest BCUT2D eigenvalue weighted by Gasteiger charge is 2.37. The zero-order valence-corrected chi connectivity index (χ0v) is 11.6. The smallest absolute Gasteiger partial charge is 0.311 e. The lowest BCUT2D eigenvalue weighted by Crippen LogP contribution is -2.42. The summed E-state index contributed by atoms with van der Waals surface area (Å²) in [4.78, 5) is 11.8. The third kappa shape index (κ3) is 4.31. The normalized spacial score (nSPS) is 15.6. The Balaban J connectivity index is 2.82. The third-order valence-corrected chi connectivity index (χ3v) is 3.21. The Kier molecular flexibility index (Phi) is 5.48. The molecule has 0 bridgehead atoms. The van der Waals surface area contributed by atoms with E-state index < -0.39 is 17.5 Å². The second-order valence-electron chi connectivity index (χ2n) is 4.87. The van der Waals surface area contributed by atoms with Gasteiger partial charge in [0.05, 0.1) is 18.1 Å². The fourth-order valence-electron chi connectivity index (χ4n) is 2.24. The van der Waals surface area contributed by atoms with Crippen molar-refractivity contribution < 1.29 is 19.0 Å². The van der Waals surface area contributed by atoms with Gasteiger partial charge in [0.2, 0.25) is 0 Å². The third-order valence-electron chi connectivity index (χ3n) is 3.21. The lowest BCUT2D eigenvalue weighted by molar-refractivity contribution is -0.157. The number of hydrogen-bond acceptors (Lipinski definition) is 3. The molecule has 0 saturated heterocycles. The van der Waals surface area contributed by atoms with Gasteiger partial charge in [-0.3, -0.25) is 4.79 Å². The minimum atomic E-state index is -1.21. The van der Waals surface area contributed by atoms with Gasteiger partial charge in [0.25, 0.3) is 0 Å². The second-order valence-corrected chi connectivity index (χ2v) is 4.87.